The van der Waals surface area contributed by atoms with E-state index in [9.17, 15) is 9.59 Å². The van der Waals surface area contributed by atoms with Crippen molar-refractivity contribution < 1.29 is 23.8 Å². The highest BCUT2D eigenvalue weighted by Gasteiger charge is 2.35. The summed E-state index contributed by atoms with van der Waals surface area (Å²) in [6.45, 7) is 0.225. The third-order valence-corrected chi connectivity index (χ3v) is 8.10. The standard InChI is InChI=1S/C34H39N3O5/c1-40-26-15-13-23(14-16-26)22-37(32(38)19-24-21-35-30-12-8-7-11-28(24)30)33(34(39)36-25-9-5-4-6-10-25)29-18-17-27(41-2)20-31(29)42-3/h7-8,11-18,20-21,25,33,35H,4-6,9-10,19,22H2,1-3H3,(H,36,39)/t33-/m1/s1. The van der Waals surface area contributed by atoms with Crippen LogP contribution in [-0.2, 0) is 22.6 Å². The number of methoxy groups -OCH3 is 3. The van der Waals surface area contributed by atoms with Crippen molar-refractivity contribution in [3.63, 3.8) is 0 Å². The van der Waals surface area contributed by atoms with Gasteiger partial charge in [-0.2, -0.15) is 0 Å². The number of nitrogens with one attached hydrogen (secondary N) is 2. The molecule has 2 amide bonds. The molecule has 4 aromatic rings. The molecule has 0 aliphatic heterocycles. The predicted octanol–water partition coefficient (Wildman–Crippen LogP) is 5.96. The highest BCUT2D eigenvalue weighted by atomic mass is 16.5. The number of aromatic amines is 1. The van der Waals surface area contributed by atoms with Crippen LogP contribution in [0, 0.1) is 0 Å². The maximum absolute atomic E-state index is 14.4. The molecular weight excluding hydrogens is 530 g/mol. The summed E-state index contributed by atoms with van der Waals surface area (Å²) in [5.74, 6) is 1.42. The van der Waals surface area contributed by atoms with Gasteiger partial charge in [0.2, 0.25) is 11.8 Å². The normalized spacial score (nSPS) is 14.3. The largest absolute Gasteiger partial charge is 0.497 e. The second kappa shape index (κ2) is 13.5. The molecule has 1 aliphatic carbocycles. The maximum Gasteiger partial charge on any atom is 0.247 e. The molecule has 1 heterocycles. The number of aromatic nitrogens is 1. The van der Waals surface area contributed by atoms with E-state index in [0.29, 0.717) is 17.1 Å². The van der Waals surface area contributed by atoms with Crippen LogP contribution >= 0.6 is 0 Å². The Bertz CT molecular complexity index is 1510. The smallest absolute Gasteiger partial charge is 0.247 e. The van der Waals surface area contributed by atoms with Crippen molar-refractivity contribution in [2.24, 2.45) is 0 Å². The molecule has 0 radical (unpaired) electrons. The van der Waals surface area contributed by atoms with Crippen LogP contribution in [0.15, 0.2) is 72.9 Å². The second-order valence-corrected chi connectivity index (χ2v) is 10.8. The van der Waals surface area contributed by atoms with E-state index in [0.717, 1.165) is 53.5 Å². The fourth-order valence-electron chi connectivity index (χ4n) is 5.82. The predicted molar refractivity (Wildman–Crippen MR) is 163 cm³/mol. The Morgan fingerprint density at radius 2 is 1.62 bits per heavy atom. The monoisotopic (exact) mass is 569 g/mol. The van der Waals surface area contributed by atoms with Crippen LogP contribution in [0.25, 0.3) is 10.9 Å². The molecule has 3 aromatic carbocycles. The topological polar surface area (TPSA) is 92.9 Å². The van der Waals surface area contributed by atoms with Crippen LogP contribution in [0.2, 0.25) is 0 Å². The first kappa shape index (κ1) is 29.0. The van der Waals surface area contributed by atoms with Gasteiger partial charge in [0.25, 0.3) is 0 Å². The lowest BCUT2D eigenvalue weighted by Gasteiger charge is -2.34. The number of ether oxygens (including phenoxy) is 3. The van der Waals surface area contributed by atoms with Crippen molar-refractivity contribution in [2.75, 3.05) is 21.3 Å². The van der Waals surface area contributed by atoms with E-state index in [1.165, 1.54) is 6.42 Å². The van der Waals surface area contributed by atoms with Crippen molar-refractivity contribution in [1.82, 2.24) is 15.2 Å². The molecular formula is C34H39N3O5. The average molecular weight is 570 g/mol. The average Bonchev–Trinajstić information content (AvgIpc) is 3.44. The molecule has 220 valence electrons. The molecule has 0 bridgehead atoms. The van der Waals surface area contributed by atoms with Gasteiger partial charge in [-0.3, -0.25) is 9.59 Å². The summed E-state index contributed by atoms with van der Waals surface area (Å²) in [5, 5.41) is 4.27. The first-order chi connectivity index (χ1) is 20.5. The molecule has 1 fully saturated rings. The zero-order valence-electron chi connectivity index (χ0n) is 24.5. The fourth-order valence-corrected chi connectivity index (χ4v) is 5.82. The Morgan fingerprint density at radius 3 is 2.33 bits per heavy atom. The van der Waals surface area contributed by atoms with Crippen molar-refractivity contribution in [2.45, 2.75) is 57.2 Å². The Hall–Kier alpha value is -4.46. The van der Waals surface area contributed by atoms with Crippen molar-refractivity contribution in [3.05, 3.63) is 89.6 Å². The van der Waals surface area contributed by atoms with Gasteiger partial charge in [0.15, 0.2) is 0 Å². The first-order valence-corrected chi connectivity index (χ1v) is 14.5. The number of para-hydroxylation sites is 1. The van der Waals surface area contributed by atoms with Gasteiger partial charge in [-0.15, -0.1) is 0 Å². The van der Waals surface area contributed by atoms with E-state index in [1.807, 2.05) is 60.8 Å². The summed E-state index contributed by atoms with van der Waals surface area (Å²) in [6.07, 6.45) is 7.20. The number of H-pyrrole nitrogens is 1. The van der Waals surface area contributed by atoms with E-state index in [1.54, 1.807) is 38.4 Å². The molecule has 8 heteroatoms. The Morgan fingerprint density at radius 1 is 0.905 bits per heavy atom. The lowest BCUT2D eigenvalue weighted by molar-refractivity contribution is -0.141. The van der Waals surface area contributed by atoms with Crippen molar-refractivity contribution in [1.29, 1.82) is 0 Å². The summed E-state index contributed by atoms with van der Waals surface area (Å²) < 4.78 is 16.5. The van der Waals surface area contributed by atoms with Gasteiger partial charge in [0.05, 0.1) is 27.8 Å². The van der Waals surface area contributed by atoms with Gasteiger partial charge in [-0.25, -0.2) is 0 Å². The summed E-state index contributed by atoms with van der Waals surface area (Å²) >= 11 is 0. The molecule has 5 rings (SSSR count). The molecule has 0 unspecified atom stereocenters. The van der Waals surface area contributed by atoms with E-state index >= 15 is 0 Å². The van der Waals surface area contributed by atoms with Crippen molar-refractivity contribution >= 4 is 22.7 Å². The number of carbonyl (C=O) groups is 2. The summed E-state index contributed by atoms with van der Waals surface area (Å²) in [6, 6.07) is 20.0. The molecule has 8 nitrogen and oxygen atoms in total. The number of hydrogen-bond acceptors (Lipinski definition) is 5. The molecule has 1 atom stereocenters. The second-order valence-electron chi connectivity index (χ2n) is 10.8. The van der Waals surface area contributed by atoms with Crippen LogP contribution in [-0.4, -0.2) is 49.1 Å². The van der Waals surface area contributed by atoms with Gasteiger partial charge >= 0.3 is 0 Å². The van der Waals surface area contributed by atoms with E-state index in [4.69, 9.17) is 14.2 Å². The highest BCUT2D eigenvalue weighted by molar-refractivity contribution is 5.93. The number of rotatable bonds is 11. The number of hydrogen-bond donors (Lipinski definition) is 2. The van der Waals surface area contributed by atoms with E-state index in [-0.39, 0.29) is 30.8 Å². The summed E-state index contributed by atoms with van der Waals surface area (Å²) in [5.41, 5.74) is 3.33. The first-order valence-electron chi connectivity index (χ1n) is 14.5. The number of carbonyl (C=O) groups excluding carboxylic acids is 2. The molecule has 1 aliphatic rings. The van der Waals surface area contributed by atoms with E-state index in [2.05, 4.69) is 10.3 Å². The molecule has 1 saturated carbocycles. The van der Waals surface area contributed by atoms with Crippen molar-refractivity contribution in [3.8, 4) is 17.2 Å². The minimum Gasteiger partial charge on any atom is -0.497 e. The Labute approximate surface area is 247 Å². The Balaban J connectivity index is 1.57. The van der Waals surface area contributed by atoms with Gasteiger partial charge < -0.3 is 29.4 Å². The number of nitrogens with zero attached hydrogens (tertiary/aromatic N) is 1. The number of benzene rings is 3. The lowest BCUT2D eigenvalue weighted by atomic mass is 9.94. The molecule has 1 aromatic heterocycles. The molecule has 0 spiro atoms. The van der Waals surface area contributed by atoms with Gasteiger partial charge in [0, 0.05) is 41.3 Å². The highest BCUT2D eigenvalue weighted by Crippen LogP contribution is 2.35. The van der Waals surface area contributed by atoms with Crippen LogP contribution in [0.4, 0.5) is 0 Å². The minimum absolute atomic E-state index is 0.0737. The third kappa shape index (κ3) is 6.54. The molecule has 2 N–H and O–H groups in total. The summed E-state index contributed by atoms with van der Waals surface area (Å²) in [4.78, 5) is 33.6. The van der Waals surface area contributed by atoms with Crippen LogP contribution < -0.4 is 19.5 Å². The van der Waals surface area contributed by atoms with Crippen LogP contribution in [0.3, 0.4) is 0 Å². The quantitative estimate of drug-likeness (QED) is 0.233. The van der Waals surface area contributed by atoms with Crippen LogP contribution in [0.1, 0.15) is 54.8 Å². The lowest BCUT2D eigenvalue weighted by Crippen LogP contribution is -2.47. The zero-order chi connectivity index (χ0) is 29.5. The Kier molecular flexibility index (Phi) is 9.31. The SMILES string of the molecule is COc1ccc(CN(C(=O)Cc2c[nH]c3ccccc23)[C@@H](C(=O)NC2CCCCC2)c2ccc(OC)cc2OC)cc1. The van der Waals surface area contributed by atoms with Gasteiger partial charge in [-0.05, 0) is 54.3 Å². The zero-order valence-corrected chi connectivity index (χ0v) is 24.5. The maximum atomic E-state index is 14.4. The minimum atomic E-state index is -0.924. The van der Waals surface area contributed by atoms with Gasteiger partial charge in [-0.1, -0.05) is 49.6 Å². The number of amides is 2. The molecule has 42 heavy (non-hydrogen) atoms. The van der Waals surface area contributed by atoms with E-state index < -0.39 is 6.04 Å². The molecule has 0 saturated heterocycles. The fraction of sp³-hybridized carbons (Fsp3) is 0.353. The third-order valence-electron chi connectivity index (χ3n) is 8.10. The summed E-state index contributed by atoms with van der Waals surface area (Å²) in [7, 11) is 4.77. The number of fused-ring (bicyclic) bond motifs is 1. The van der Waals surface area contributed by atoms with Gasteiger partial charge in [0.1, 0.15) is 23.3 Å². The van der Waals surface area contributed by atoms with Crippen LogP contribution in [0.5, 0.6) is 17.2 Å².